The van der Waals surface area contributed by atoms with E-state index in [0.29, 0.717) is 0 Å². The number of hydrogen-bond acceptors (Lipinski definition) is 2. The minimum absolute atomic E-state index is 0.329. The first-order valence-electron chi connectivity index (χ1n) is 5.63. The predicted octanol–water partition coefficient (Wildman–Crippen LogP) is 1.63. The molecule has 1 heterocycles. The maximum Gasteiger partial charge on any atom is 0.0774 e. The molecule has 1 saturated heterocycles. The number of likely N-dealkylation sites (tertiary alicyclic amines) is 1. The molecule has 1 unspecified atom stereocenters. The van der Waals surface area contributed by atoms with Crippen molar-refractivity contribution in [3.8, 4) is 0 Å². The third-order valence-corrected chi connectivity index (χ3v) is 3.56. The predicted molar refractivity (Wildman–Crippen MR) is 53.6 cm³/mol. The number of aliphatic hydroxyl groups is 1. The van der Waals surface area contributed by atoms with Crippen LogP contribution < -0.4 is 0 Å². The molecule has 0 bridgehead atoms. The van der Waals surface area contributed by atoms with Crippen LogP contribution in [0.1, 0.15) is 39.0 Å². The molecule has 0 radical (unpaired) electrons. The molecule has 1 aliphatic carbocycles. The highest BCUT2D eigenvalue weighted by atomic mass is 16.3. The van der Waals surface area contributed by atoms with Gasteiger partial charge < -0.3 is 10.0 Å². The zero-order valence-corrected chi connectivity index (χ0v) is 8.63. The van der Waals surface area contributed by atoms with Crippen LogP contribution in [-0.2, 0) is 0 Å². The van der Waals surface area contributed by atoms with Crippen LogP contribution in [0.2, 0.25) is 0 Å². The van der Waals surface area contributed by atoms with Crippen LogP contribution >= 0.6 is 0 Å². The van der Waals surface area contributed by atoms with Crippen LogP contribution in [-0.4, -0.2) is 35.2 Å². The molecular formula is C11H21NO. The third-order valence-electron chi connectivity index (χ3n) is 3.56. The Morgan fingerprint density at radius 3 is 2.62 bits per heavy atom. The maximum absolute atomic E-state index is 10.2. The standard InChI is InChI=1S/C11H21NO/c1-10-4-7-12(8-10)9-11(13)5-2-3-6-11/h10,13H,2-9H2,1H3. The largest absolute Gasteiger partial charge is 0.389 e. The van der Waals surface area contributed by atoms with E-state index in [4.69, 9.17) is 0 Å². The number of hydrogen-bond donors (Lipinski definition) is 1. The molecule has 1 atom stereocenters. The summed E-state index contributed by atoms with van der Waals surface area (Å²) in [7, 11) is 0. The molecule has 0 aromatic carbocycles. The molecule has 2 rings (SSSR count). The summed E-state index contributed by atoms with van der Waals surface area (Å²) in [6.07, 6.45) is 5.81. The second-order valence-electron chi connectivity index (χ2n) is 5.06. The van der Waals surface area contributed by atoms with Crippen molar-refractivity contribution < 1.29 is 5.11 Å². The summed E-state index contributed by atoms with van der Waals surface area (Å²) in [4.78, 5) is 2.44. The summed E-state index contributed by atoms with van der Waals surface area (Å²) < 4.78 is 0. The number of β-amino-alcohol motifs (C(OH)–C–C–N with tert-alkyl or cyclic N) is 1. The van der Waals surface area contributed by atoms with Crippen molar-refractivity contribution in [2.75, 3.05) is 19.6 Å². The molecule has 2 heteroatoms. The van der Waals surface area contributed by atoms with Crippen molar-refractivity contribution in [3.63, 3.8) is 0 Å². The second kappa shape index (κ2) is 3.58. The summed E-state index contributed by atoms with van der Waals surface area (Å²) in [5, 5.41) is 10.2. The van der Waals surface area contributed by atoms with Gasteiger partial charge in [0, 0.05) is 13.1 Å². The maximum atomic E-state index is 10.2. The molecule has 1 N–H and O–H groups in total. The summed E-state index contributed by atoms with van der Waals surface area (Å²) in [5.41, 5.74) is -0.329. The van der Waals surface area contributed by atoms with Gasteiger partial charge in [0.1, 0.15) is 0 Å². The molecule has 13 heavy (non-hydrogen) atoms. The van der Waals surface area contributed by atoms with E-state index in [2.05, 4.69) is 11.8 Å². The highest BCUT2D eigenvalue weighted by Gasteiger charge is 2.34. The van der Waals surface area contributed by atoms with Gasteiger partial charge in [0.25, 0.3) is 0 Å². The molecule has 0 amide bonds. The Morgan fingerprint density at radius 2 is 2.08 bits per heavy atom. The van der Waals surface area contributed by atoms with E-state index in [-0.39, 0.29) is 5.60 Å². The van der Waals surface area contributed by atoms with Crippen molar-refractivity contribution in [2.45, 2.75) is 44.6 Å². The van der Waals surface area contributed by atoms with Crippen molar-refractivity contribution in [1.82, 2.24) is 4.90 Å². The van der Waals surface area contributed by atoms with Crippen molar-refractivity contribution in [2.24, 2.45) is 5.92 Å². The lowest BCUT2D eigenvalue weighted by atomic mass is 10.0. The van der Waals surface area contributed by atoms with Crippen LogP contribution in [0.15, 0.2) is 0 Å². The average molecular weight is 183 g/mol. The van der Waals surface area contributed by atoms with Crippen molar-refractivity contribution >= 4 is 0 Å². The Morgan fingerprint density at radius 1 is 1.38 bits per heavy atom. The molecular weight excluding hydrogens is 162 g/mol. The quantitative estimate of drug-likeness (QED) is 0.703. The fourth-order valence-electron chi connectivity index (χ4n) is 2.78. The van der Waals surface area contributed by atoms with Gasteiger partial charge in [-0.2, -0.15) is 0 Å². The lowest BCUT2D eigenvalue weighted by molar-refractivity contribution is 0.0150. The Labute approximate surface area is 80.9 Å². The van der Waals surface area contributed by atoms with Crippen LogP contribution in [0.5, 0.6) is 0 Å². The molecule has 2 fully saturated rings. The lowest BCUT2D eigenvalue weighted by Gasteiger charge is -2.28. The van der Waals surface area contributed by atoms with Crippen LogP contribution in [0.3, 0.4) is 0 Å². The molecule has 0 spiro atoms. The molecule has 0 aromatic rings. The van der Waals surface area contributed by atoms with Gasteiger partial charge in [-0.25, -0.2) is 0 Å². The van der Waals surface area contributed by atoms with E-state index in [0.717, 1.165) is 25.3 Å². The van der Waals surface area contributed by atoms with Crippen LogP contribution in [0.25, 0.3) is 0 Å². The minimum atomic E-state index is -0.329. The lowest BCUT2D eigenvalue weighted by Crippen LogP contribution is -2.39. The molecule has 1 saturated carbocycles. The second-order valence-corrected chi connectivity index (χ2v) is 5.06. The first kappa shape index (κ1) is 9.47. The topological polar surface area (TPSA) is 23.5 Å². The Kier molecular flexibility index (Phi) is 2.61. The van der Waals surface area contributed by atoms with Gasteiger partial charge in [0.15, 0.2) is 0 Å². The van der Waals surface area contributed by atoms with E-state index in [1.165, 1.54) is 32.4 Å². The van der Waals surface area contributed by atoms with Crippen molar-refractivity contribution in [1.29, 1.82) is 0 Å². The van der Waals surface area contributed by atoms with E-state index in [9.17, 15) is 5.11 Å². The van der Waals surface area contributed by atoms with E-state index < -0.39 is 0 Å². The Balaban J connectivity index is 1.83. The molecule has 2 aliphatic rings. The van der Waals surface area contributed by atoms with E-state index in [1.54, 1.807) is 0 Å². The van der Waals surface area contributed by atoms with Crippen molar-refractivity contribution in [3.05, 3.63) is 0 Å². The monoisotopic (exact) mass is 183 g/mol. The molecule has 2 nitrogen and oxygen atoms in total. The smallest absolute Gasteiger partial charge is 0.0774 e. The Hall–Kier alpha value is -0.0800. The fraction of sp³-hybridized carbons (Fsp3) is 1.00. The Bertz CT molecular complexity index is 175. The van der Waals surface area contributed by atoms with Crippen LogP contribution in [0, 0.1) is 5.92 Å². The highest BCUT2D eigenvalue weighted by molar-refractivity contribution is 4.89. The normalized spacial score (nSPS) is 34.2. The fourth-order valence-corrected chi connectivity index (χ4v) is 2.78. The summed E-state index contributed by atoms with van der Waals surface area (Å²) >= 11 is 0. The van der Waals surface area contributed by atoms with Gasteiger partial charge in [0.2, 0.25) is 0 Å². The number of nitrogens with zero attached hydrogens (tertiary/aromatic N) is 1. The van der Waals surface area contributed by atoms with Gasteiger partial charge in [-0.3, -0.25) is 0 Å². The van der Waals surface area contributed by atoms with E-state index in [1.807, 2.05) is 0 Å². The third kappa shape index (κ3) is 2.23. The van der Waals surface area contributed by atoms with Gasteiger partial charge in [-0.05, 0) is 31.7 Å². The van der Waals surface area contributed by atoms with Gasteiger partial charge >= 0.3 is 0 Å². The van der Waals surface area contributed by atoms with Gasteiger partial charge in [-0.1, -0.05) is 19.8 Å². The average Bonchev–Trinajstić information content (AvgIpc) is 2.62. The summed E-state index contributed by atoms with van der Waals surface area (Å²) in [6.45, 7) is 5.63. The van der Waals surface area contributed by atoms with Crippen LogP contribution in [0.4, 0.5) is 0 Å². The van der Waals surface area contributed by atoms with Gasteiger partial charge in [0.05, 0.1) is 5.60 Å². The first-order chi connectivity index (χ1) is 6.18. The minimum Gasteiger partial charge on any atom is -0.389 e. The first-order valence-corrected chi connectivity index (χ1v) is 5.63. The highest BCUT2D eigenvalue weighted by Crippen LogP contribution is 2.31. The van der Waals surface area contributed by atoms with E-state index >= 15 is 0 Å². The van der Waals surface area contributed by atoms with Gasteiger partial charge in [-0.15, -0.1) is 0 Å². The molecule has 1 aliphatic heterocycles. The zero-order valence-electron chi connectivity index (χ0n) is 8.63. The molecule has 0 aromatic heterocycles. The number of rotatable bonds is 2. The molecule has 76 valence electrons. The SMILES string of the molecule is CC1CCN(CC2(O)CCCC2)C1. The summed E-state index contributed by atoms with van der Waals surface area (Å²) in [5.74, 6) is 0.838. The summed E-state index contributed by atoms with van der Waals surface area (Å²) in [6, 6.07) is 0. The zero-order chi connectivity index (χ0) is 9.31.